The van der Waals surface area contributed by atoms with E-state index in [4.69, 9.17) is 23.8 Å². The monoisotopic (exact) mass is 294 g/mol. The third kappa shape index (κ3) is 2.23. The number of imidazole rings is 1. The molecule has 0 amide bonds. The number of nitrogens with zero attached hydrogens (tertiary/aromatic N) is 1. The minimum atomic E-state index is 0.737. The second-order valence-electron chi connectivity index (χ2n) is 4.12. The molecule has 0 atom stereocenters. The van der Waals surface area contributed by atoms with Crippen LogP contribution in [0.4, 0.5) is 0 Å². The van der Waals surface area contributed by atoms with Crippen molar-refractivity contribution < 1.29 is 0 Å². The number of aromatic amines is 1. The average molecular weight is 295 g/mol. The summed E-state index contributed by atoms with van der Waals surface area (Å²) < 4.78 is 2.86. The summed E-state index contributed by atoms with van der Waals surface area (Å²) in [6.45, 7) is 0.871. The molecule has 0 saturated carbocycles. The van der Waals surface area contributed by atoms with Crippen LogP contribution in [-0.2, 0) is 13.0 Å². The summed E-state index contributed by atoms with van der Waals surface area (Å²) in [6.07, 6.45) is 0.983. The largest absolute Gasteiger partial charge is 0.331 e. The lowest BCUT2D eigenvalue weighted by atomic mass is 10.2. The van der Waals surface area contributed by atoms with Crippen LogP contribution in [0.1, 0.15) is 5.56 Å². The zero-order chi connectivity index (χ0) is 12.5. The number of hydrogen-bond acceptors (Lipinski definition) is 2. The van der Waals surface area contributed by atoms with E-state index in [2.05, 4.69) is 26.4 Å². The van der Waals surface area contributed by atoms with E-state index >= 15 is 0 Å². The van der Waals surface area contributed by atoms with Crippen molar-refractivity contribution in [3.05, 3.63) is 50.4 Å². The number of thiophene rings is 1. The number of H-pyrrole nitrogens is 1. The van der Waals surface area contributed by atoms with Crippen molar-refractivity contribution in [3.63, 3.8) is 0 Å². The molecule has 0 spiro atoms. The Balaban J connectivity index is 1.98. The molecule has 2 nitrogen and oxygen atoms in total. The van der Waals surface area contributed by atoms with E-state index in [0.717, 1.165) is 33.8 Å². The van der Waals surface area contributed by atoms with Gasteiger partial charge in [0.2, 0.25) is 0 Å². The van der Waals surface area contributed by atoms with Gasteiger partial charge in [0.25, 0.3) is 0 Å². The Morgan fingerprint density at radius 1 is 1.33 bits per heavy atom. The van der Waals surface area contributed by atoms with Crippen LogP contribution in [0.2, 0.25) is 5.02 Å². The summed E-state index contributed by atoms with van der Waals surface area (Å²) in [7, 11) is 0. The highest BCUT2D eigenvalue weighted by Gasteiger charge is 2.05. The number of hydrogen-bond donors (Lipinski definition) is 1. The molecule has 5 heteroatoms. The van der Waals surface area contributed by atoms with E-state index in [1.54, 1.807) is 11.3 Å². The van der Waals surface area contributed by atoms with Gasteiger partial charge in [0.1, 0.15) is 0 Å². The Kier molecular flexibility index (Phi) is 3.24. The summed E-state index contributed by atoms with van der Waals surface area (Å²) >= 11 is 13.1. The van der Waals surface area contributed by atoms with E-state index < -0.39 is 0 Å². The summed E-state index contributed by atoms with van der Waals surface area (Å²) in [4.78, 5) is 3.21. The first-order valence-electron chi connectivity index (χ1n) is 5.63. The van der Waals surface area contributed by atoms with Crippen molar-refractivity contribution in [1.29, 1.82) is 0 Å². The maximum Gasteiger partial charge on any atom is 0.178 e. The molecule has 0 aliphatic heterocycles. The summed E-state index contributed by atoms with van der Waals surface area (Å²) in [5.74, 6) is 0. The number of aromatic nitrogens is 2. The highest BCUT2D eigenvalue weighted by atomic mass is 35.5. The molecule has 0 unspecified atom stereocenters. The van der Waals surface area contributed by atoms with Crippen molar-refractivity contribution >= 4 is 46.2 Å². The van der Waals surface area contributed by atoms with Crippen molar-refractivity contribution in [1.82, 2.24) is 9.55 Å². The highest BCUT2D eigenvalue weighted by Crippen LogP contribution is 2.20. The minimum absolute atomic E-state index is 0.737. The third-order valence-corrected chi connectivity index (χ3v) is 4.23. The maximum absolute atomic E-state index is 6.04. The molecule has 2 heterocycles. The molecule has 3 aromatic rings. The van der Waals surface area contributed by atoms with Crippen LogP contribution in [0.15, 0.2) is 35.0 Å². The molecule has 18 heavy (non-hydrogen) atoms. The van der Waals surface area contributed by atoms with E-state index in [-0.39, 0.29) is 0 Å². The summed E-state index contributed by atoms with van der Waals surface area (Å²) in [5, 5.41) is 5.01. The Labute approximate surface area is 119 Å². The van der Waals surface area contributed by atoms with Gasteiger partial charge in [0, 0.05) is 11.6 Å². The average Bonchev–Trinajstić information content (AvgIpc) is 2.94. The topological polar surface area (TPSA) is 20.7 Å². The molecule has 0 radical (unpaired) electrons. The van der Waals surface area contributed by atoms with Gasteiger partial charge in [0.15, 0.2) is 4.77 Å². The zero-order valence-electron chi connectivity index (χ0n) is 9.52. The van der Waals surface area contributed by atoms with Crippen molar-refractivity contribution in [2.75, 3.05) is 0 Å². The predicted octanol–water partition coefficient (Wildman–Crippen LogP) is 4.66. The second-order valence-corrected chi connectivity index (χ2v) is 5.73. The molecule has 1 N–H and O–H groups in total. The lowest BCUT2D eigenvalue weighted by Crippen LogP contribution is -2.00. The molecule has 0 bridgehead atoms. The summed E-state index contributed by atoms with van der Waals surface area (Å²) in [5.41, 5.74) is 3.45. The fraction of sp³-hybridized carbons (Fsp3) is 0.154. The number of benzene rings is 1. The van der Waals surface area contributed by atoms with Crippen LogP contribution < -0.4 is 0 Å². The Morgan fingerprint density at radius 2 is 2.22 bits per heavy atom. The van der Waals surface area contributed by atoms with E-state index in [0.29, 0.717) is 0 Å². The van der Waals surface area contributed by atoms with Crippen LogP contribution in [-0.4, -0.2) is 9.55 Å². The molecule has 0 aliphatic carbocycles. The molecule has 2 aromatic heterocycles. The fourth-order valence-corrected chi connectivity index (χ4v) is 3.19. The van der Waals surface area contributed by atoms with Crippen LogP contribution in [0.5, 0.6) is 0 Å². The number of fused-ring (bicyclic) bond motifs is 1. The Bertz CT molecular complexity index is 725. The molecule has 0 aliphatic rings. The Hall–Kier alpha value is -1.10. The van der Waals surface area contributed by atoms with Crippen LogP contribution in [0.25, 0.3) is 11.0 Å². The Morgan fingerprint density at radius 3 is 3.00 bits per heavy atom. The molecular weight excluding hydrogens is 284 g/mol. The van der Waals surface area contributed by atoms with E-state index in [1.165, 1.54) is 5.56 Å². The minimum Gasteiger partial charge on any atom is -0.331 e. The summed E-state index contributed by atoms with van der Waals surface area (Å²) in [6, 6.07) is 7.94. The van der Waals surface area contributed by atoms with E-state index in [1.807, 2.05) is 18.2 Å². The first kappa shape index (κ1) is 12.0. The molecule has 0 fully saturated rings. The first-order chi connectivity index (χ1) is 8.74. The van der Waals surface area contributed by atoms with Crippen LogP contribution >= 0.6 is 35.2 Å². The quantitative estimate of drug-likeness (QED) is 0.697. The highest BCUT2D eigenvalue weighted by molar-refractivity contribution is 7.71. The van der Waals surface area contributed by atoms with Gasteiger partial charge in [-0.2, -0.15) is 11.3 Å². The smallest absolute Gasteiger partial charge is 0.178 e. The first-order valence-corrected chi connectivity index (χ1v) is 7.36. The molecule has 92 valence electrons. The van der Waals surface area contributed by atoms with Crippen LogP contribution in [0.3, 0.4) is 0 Å². The zero-order valence-corrected chi connectivity index (χ0v) is 11.9. The molecular formula is C13H11ClN2S2. The number of halogens is 1. The SMILES string of the molecule is S=c1[nH]c2ccc(Cl)cc2n1CCc1ccsc1. The van der Waals surface area contributed by atoms with Gasteiger partial charge in [-0.05, 0) is 59.2 Å². The van der Waals surface area contributed by atoms with Crippen molar-refractivity contribution in [3.8, 4) is 0 Å². The lowest BCUT2D eigenvalue weighted by molar-refractivity contribution is 0.708. The third-order valence-electron chi connectivity index (χ3n) is 2.94. The predicted molar refractivity (Wildman–Crippen MR) is 80.2 cm³/mol. The molecule has 0 saturated heterocycles. The van der Waals surface area contributed by atoms with Gasteiger partial charge in [-0.15, -0.1) is 0 Å². The van der Waals surface area contributed by atoms with Gasteiger partial charge < -0.3 is 9.55 Å². The standard InChI is InChI=1S/C13H11ClN2S2/c14-10-1-2-11-12(7-10)16(13(17)15-11)5-3-9-4-6-18-8-9/h1-2,4,6-8H,3,5H2,(H,15,17). The maximum atomic E-state index is 6.04. The number of aryl methyl sites for hydroxylation is 2. The second kappa shape index (κ2) is 4.88. The van der Waals surface area contributed by atoms with Crippen molar-refractivity contribution in [2.24, 2.45) is 0 Å². The number of nitrogens with one attached hydrogen (secondary N) is 1. The molecule has 3 rings (SSSR count). The van der Waals surface area contributed by atoms with Gasteiger partial charge >= 0.3 is 0 Å². The van der Waals surface area contributed by atoms with E-state index in [9.17, 15) is 0 Å². The van der Waals surface area contributed by atoms with Gasteiger partial charge in [0.05, 0.1) is 11.0 Å². The van der Waals surface area contributed by atoms with Gasteiger partial charge in [-0.3, -0.25) is 0 Å². The van der Waals surface area contributed by atoms with Crippen molar-refractivity contribution in [2.45, 2.75) is 13.0 Å². The number of rotatable bonds is 3. The van der Waals surface area contributed by atoms with Gasteiger partial charge in [-0.1, -0.05) is 11.6 Å². The fourth-order valence-electron chi connectivity index (χ4n) is 2.02. The molecule has 1 aromatic carbocycles. The van der Waals surface area contributed by atoms with Crippen LogP contribution in [0, 0.1) is 4.77 Å². The normalized spacial score (nSPS) is 11.2. The van der Waals surface area contributed by atoms with Gasteiger partial charge in [-0.25, -0.2) is 0 Å². The lowest BCUT2D eigenvalue weighted by Gasteiger charge is -2.03.